The predicted molar refractivity (Wildman–Crippen MR) is 126 cm³/mol. The molecule has 1 amide bonds. The number of carbonyl (C=O) groups is 1. The lowest BCUT2D eigenvalue weighted by Gasteiger charge is -2.28. The van der Waals surface area contributed by atoms with Gasteiger partial charge in [-0.15, -0.1) is 0 Å². The number of carbonyl (C=O) groups excluding carboxylic acids is 1. The van der Waals surface area contributed by atoms with E-state index in [2.05, 4.69) is 4.72 Å². The first-order chi connectivity index (χ1) is 15.7. The van der Waals surface area contributed by atoms with Gasteiger partial charge < -0.3 is 4.90 Å². The highest BCUT2D eigenvalue weighted by Crippen LogP contribution is 2.38. The largest absolute Gasteiger partial charge is 0.312 e. The fourth-order valence-electron chi connectivity index (χ4n) is 5.01. The Morgan fingerprint density at radius 2 is 1.61 bits per heavy atom. The summed E-state index contributed by atoms with van der Waals surface area (Å²) in [6.45, 7) is 3.13. The highest BCUT2D eigenvalue weighted by atomic mass is 32.2. The maximum Gasteiger partial charge on any atom is 0.261 e. The molecule has 0 unspecified atom stereocenters. The molecule has 0 saturated carbocycles. The number of hydrogen-bond acceptors (Lipinski definition) is 5. The van der Waals surface area contributed by atoms with Crippen LogP contribution < -0.4 is 9.62 Å². The molecule has 5 rings (SSSR count). The second-order valence-corrected chi connectivity index (χ2v) is 12.6. The molecule has 1 N–H and O–H groups in total. The Labute approximate surface area is 194 Å². The summed E-state index contributed by atoms with van der Waals surface area (Å²) in [6, 6.07) is 8.66. The van der Waals surface area contributed by atoms with E-state index < -0.39 is 20.0 Å². The molecule has 0 saturated heterocycles. The summed E-state index contributed by atoms with van der Waals surface area (Å²) in [5, 5.41) is 0. The molecule has 0 spiro atoms. The quantitative estimate of drug-likeness (QED) is 0.671. The van der Waals surface area contributed by atoms with Crippen LogP contribution >= 0.6 is 0 Å². The smallest absolute Gasteiger partial charge is 0.261 e. The van der Waals surface area contributed by atoms with Gasteiger partial charge in [0.15, 0.2) is 0 Å². The van der Waals surface area contributed by atoms with Crippen molar-refractivity contribution in [2.75, 3.05) is 28.5 Å². The molecule has 2 aromatic carbocycles. The monoisotopic (exact) mass is 489 g/mol. The molecule has 3 aliphatic rings. The van der Waals surface area contributed by atoms with Crippen LogP contribution in [0.25, 0.3) is 0 Å². The van der Waals surface area contributed by atoms with Gasteiger partial charge in [0, 0.05) is 31.7 Å². The first-order valence-electron chi connectivity index (χ1n) is 11.3. The number of benzene rings is 2. The molecular formula is C23H27N3O5S2. The minimum atomic E-state index is -3.84. The van der Waals surface area contributed by atoms with Gasteiger partial charge in [0.1, 0.15) is 0 Å². The summed E-state index contributed by atoms with van der Waals surface area (Å²) in [7, 11) is -7.15. The molecule has 10 heteroatoms. The standard InChI is InChI=1S/C23H27N3O5S2/c1-2-11-32(28,29)25-9-7-16-3-5-20(12-19(16)15-25)24-33(30,31)21-13-17-4-6-22(27)26-10-8-18(14-21)23(17)26/h3,5,12-14,24H,2,4,6-11,15H2,1H3. The summed E-state index contributed by atoms with van der Waals surface area (Å²) in [4.78, 5) is 14.1. The zero-order valence-electron chi connectivity index (χ0n) is 18.5. The molecule has 0 aromatic heterocycles. The average Bonchev–Trinajstić information content (AvgIpc) is 3.21. The number of nitrogens with one attached hydrogen (secondary N) is 1. The first kappa shape index (κ1) is 22.4. The van der Waals surface area contributed by atoms with Crippen molar-refractivity contribution < 1.29 is 21.6 Å². The Balaban J connectivity index is 1.41. The van der Waals surface area contributed by atoms with E-state index in [1.165, 1.54) is 4.31 Å². The molecule has 0 radical (unpaired) electrons. The molecule has 0 fully saturated rings. The molecule has 2 aromatic rings. The number of nitrogens with zero attached hydrogens (tertiary/aromatic N) is 2. The van der Waals surface area contributed by atoms with Crippen LogP contribution in [-0.2, 0) is 50.6 Å². The van der Waals surface area contributed by atoms with Gasteiger partial charge in [-0.25, -0.2) is 16.8 Å². The van der Waals surface area contributed by atoms with Gasteiger partial charge in [0.25, 0.3) is 10.0 Å². The second kappa shape index (κ2) is 8.11. The Morgan fingerprint density at radius 1 is 0.879 bits per heavy atom. The topological polar surface area (TPSA) is 104 Å². The van der Waals surface area contributed by atoms with Crippen molar-refractivity contribution >= 4 is 37.3 Å². The maximum absolute atomic E-state index is 13.2. The number of hydrogen-bond donors (Lipinski definition) is 1. The van der Waals surface area contributed by atoms with E-state index in [9.17, 15) is 21.6 Å². The van der Waals surface area contributed by atoms with Gasteiger partial charge >= 0.3 is 0 Å². The number of anilines is 2. The third-order valence-electron chi connectivity index (χ3n) is 6.63. The molecule has 3 heterocycles. The van der Waals surface area contributed by atoms with Crippen LogP contribution in [0.1, 0.15) is 42.0 Å². The van der Waals surface area contributed by atoms with Gasteiger partial charge in [-0.1, -0.05) is 13.0 Å². The highest BCUT2D eigenvalue weighted by Gasteiger charge is 2.33. The number of fused-ring (bicyclic) bond motifs is 1. The normalized spacial score (nSPS) is 18.2. The summed E-state index contributed by atoms with van der Waals surface area (Å²) < 4.78 is 55.5. The number of amides is 1. The van der Waals surface area contributed by atoms with Crippen molar-refractivity contribution in [1.29, 1.82) is 0 Å². The molecule has 8 nitrogen and oxygen atoms in total. The Hall–Kier alpha value is -2.43. The third kappa shape index (κ3) is 4.04. The van der Waals surface area contributed by atoms with E-state index in [0.29, 0.717) is 50.9 Å². The fourth-order valence-corrected chi connectivity index (χ4v) is 7.64. The molecule has 0 aliphatic carbocycles. The molecule has 3 aliphatic heterocycles. The zero-order chi connectivity index (χ0) is 23.4. The first-order valence-corrected chi connectivity index (χ1v) is 14.4. The van der Waals surface area contributed by atoms with E-state index >= 15 is 0 Å². The molecule has 33 heavy (non-hydrogen) atoms. The van der Waals surface area contributed by atoms with Gasteiger partial charge in [-0.05, 0) is 72.2 Å². The second-order valence-electron chi connectivity index (χ2n) is 8.87. The van der Waals surface area contributed by atoms with Crippen molar-refractivity contribution in [2.24, 2.45) is 0 Å². The summed E-state index contributed by atoms with van der Waals surface area (Å²) in [5.41, 5.74) is 4.93. The van der Waals surface area contributed by atoms with Crippen molar-refractivity contribution in [2.45, 2.75) is 50.5 Å². The molecule has 176 valence electrons. The Kier molecular flexibility index (Phi) is 5.49. The fraction of sp³-hybridized carbons (Fsp3) is 0.435. The summed E-state index contributed by atoms with van der Waals surface area (Å²) >= 11 is 0. The van der Waals surface area contributed by atoms with E-state index in [4.69, 9.17) is 0 Å². The van der Waals surface area contributed by atoms with Crippen molar-refractivity contribution in [3.05, 3.63) is 52.6 Å². The summed E-state index contributed by atoms with van der Waals surface area (Å²) in [6.07, 6.45) is 2.75. The van der Waals surface area contributed by atoms with Crippen LogP contribution in [0, 0.1) is 0 Å². The van der Waals surface area contributed by atoms with Gasteiger partial charge in [0.2, 0.25) is 15.9 Å². The SMILES string of the molecule is CCCS(=O)(=O)N1CCc2ccc(NS(=O)(=O)c3cc4c5c(c3)CCN5C(=O)CC4)cc2C1. The Morgan fingerprint density at radius 3 is 2.36 bits per heavy atom. The van der Waals surface area contributed by atoms with Gasteiger partial charge in [-0.2, -0.15) is 4.31 Å². The predicted octanol–water partition coefficient (Wildman–Crippen LogP) is 2.42. The van der Waals surface area contributed by atoms with E-state index in [1.807, 2.05) is 13.0 Å². The number of sulfonamides is 2. The molecule has 0 atom stereocenters. The lowest BCUT2D eigenvalue weighted by atomic mass is 10.00. The minimum Gasteiger partial charge on any atom is -0.312 e. The third-order valence-corrected chi connectivity index (χ3v) is 10.0. The average molecular weight is 490 g/mol. The lowest BCUT2D eigenvalue weighted by molar-refractivity contribution is -0.118. The summed E-state index contributed by atoms with van der Waals surface area (Å²) in [5.74, 6) is 0.206. The van der Waals surface area contributed by atoms with Crippen LogP contribution in [-0.4, -0.2) is 45.9 Å². The van der Waals surface area contributed by atoms with Crippen molar-refractivity contribution in [3.8, 4) is 0 Å². The minimum absolute atomic E-state index is 0.0963. The zero-order valence-corrected chi connectivity index (χ0v) is 20.1. The van der Waals surface area contributed by atoms with E-state index in [-0.39, 0.29) is 23.1 Å². The van der Waals surface area contributed by atoms with Crippen LogP contribution in [0.5, 0.6) is 0 Å². The van der Waals surface area contributed by atoms with Crippen LogP contribution in [0.4, 0.5) is 11.4 Å². The number of aryl methyl sites for hydroxylation is 1. The molecule has 0 bridgehead atoms. The van der Waals surface area contributed by atoms with Gasteiger partial charge in [-0.3, -0.25) is 9.52 Å². The lowest BCUT2D eigenvalue weighted by Crippen LogP contribution is -2.37. The maximum atomic E-state index is 13.2. The van der Waals surface area contributed by atoms with Crippen LogP contribution in [0.3, 0.4) is 0 Å². The van der Waals surface area contributed by atoms with Crippen LogP contribution in [0.2, 0.25) is 0 Å². The van der Waals surface area contributed by atoms with E-state index in [1.54, 1.807) is 29.2 Å². The highest BCUT2D eigenvalue weighted by molar-refractivity contribution is 7.92. The number of rotatable bonds is 6. The van der Waals surface area contributed by atoms with Crippen molar-refractivity contribution in [3.63, 3.8) is 0 Å². The van der Waals surface area contributed by atoms with Crippen LogP contribution in [0.15, 0.2) is 35.2 Å². The van der Waals surface area contributed by atoms with Gasteiger partial charge in [0.05, 0.1) is 16.3 Å². The van der Waals surface area contributed by atoms with E-state index in [0.717, 1.165) is 27.9 Å². The molecular weight excluding hydrogens is 462 g/mol. The Bertz CT molecular complexity index is 1350. The van der Waals surface area contributed by atoms with Crippen molar-refractivity contribution in [1.82, 2.24) is 4.31 Å².